The second-order valence-electron chi connectivity index (χ2n) is 7.78. The molecule has 4 rings (SSSR count). The van der Waals surface area contributed by atoms with Crippen LogP contribution in [-0.4, -0.2) is 37.4 Å². The van der Waals surface area contributed by atoms with Gasteiger partial charge in [0.25, 0.3) is 0 Å². The zero-order valence-corrected chi connectivity index (χ0v) is 19.8. The maximum absolute atomic E-state index is 13.1. The van der Waals surface area contributed by atoms with Crippen LogP contribution in [0.3, 0.4) is 0 Å². The van der Waals surface area contributed by atoms with Crippen molar-refractivity contribution in [1.82, 2.24) is 0 Å². The summed E-state index contributed by atoms with van der Waals surface area (Å²) in [6.07, 6.45) is 0.583. The maximum atomic E-state index is 13.1. The number of ether oxygens (including phenoxy) is 4. The van der Waals surface area contributed by atoms with Crippen molar-refractivity contribution in [2.45, 2.75) is 19.4 Å². The van der Waals surface area contributed by atoms with Crippen molar-refractivity contribution < 1.29 is 33.6 Å². The van der Waals surface area contributed by atoms with Gasteiger partial charge in [0.15, 0.2) is 23.9 Å². The zero-order chi connectivity index (χ0) is 24.8. The third-order valence-electron chi connectivity index (χ3n) is 5.49. The van der Waals surface area contributed by atoms with Gasteiger partial charge in [-0.3, -0.25) is 4.79 Å². The number of carboxylic acids is 1. The Bertz CT molecular complexity index is 1240. The number of benzene rings is 3. The molecule has 35 heavy (non-hydrogen) atoms. The van der Waals surface area contributed by atoms with Gasteiger partial charge in [0.1, 0.15) is 11.5 Å². The van der Waals surface area contributed by atoms with E-state index in [1.807, 2.05) is 18.2 Å². The molecule has 0 radical (unpaired) electrons. The number of nitrogens with one attached hydrogen (secondary N) is 1. The van der Waals surface area contributed by atoms with E-state index >= 15 is 0 Å². The van der Waals surface area contributed by atoms with Crippen LogP contribution in [0, 0.1) is 0 Å². The van der Waals surface area contributed by atoms with Crippen molar-refractivity contribution in [3.63, 3.8) is 0 Å². The number of carbonyl (C=O) groups excluding carboxylic acids is 1. The van der Waals surface area contributed by atoms with Gasteiger partial charge in [-0.2, -0.15) is 0 Å². The fourth-order valence-corrected chi connectivity index (χ4v) is 3.91. The smallest absolute Gasteiger partial charge is 0.341 e. The largest absolute Gasteiger partial charge is 0.497 e. The summed E-state index contributed by atoms with van der Waals surface area (Å²) in [5, 5.41) is 12.8. The van der Waals surface area contributed by atoms with Gasteiger partial charge in [0.2, 0.25) is 6.79 Å². The lowest BCUT2D eigenvalue weighted by Crippen LogP contribution is -2.11. The highest BCUT2D eigenvalue weighted by Crippen LogP contribution is 2.37. The number of methoxy groups -OCH3 is 1. The monoisotopic (exact) mass is 497 g/mol. The predicted octanol–water partition coefficient (Wildman–Crippen LogP) is 4.97. The van der Waals surface area contributed by atoms with Crippen molar-refractivity contribution in [2.24, 2.45) is 0 Å². The number of carboxylic acid groups (broad SMARTS) is 1. The second-order valence-corrected chi connectivity index (χ2v) is 8.18. The molecule has 0 unspecified atom stereocenters. The summed E-state index contributed by atoms with van der Waals surface area (Å²) >= 11 is 6.38. The average Bonchev–Trinajstić information content (AvgIpc) is 3.32. The molecule has 9 heteroatoms. The van der Waals surface area contributed by atoms with Crippen LogP contribution >= 0.6 is 11.6 Å². The van der Waals surface area contributed by atoms with Gasteiger partial charge in [-0.15, -0.1) is 0 Å². The first-order chi connectivity index (χ1) is 16.9. The minimum absolute atomic E-state index is 0.0649. The highest BCUT2D eigenvalue weighted by molar-refractivity contribution is 6.31. The Hall–Kier alpha value is -3.91. The van der Waals surface area contributed by atoms with Gasteiger partial charge in [-0.25, -0.2) is 4.79 Å². The van der Waals surface area contributed by atoms with E-state index in [0.29, 0.717) is 52.2 Å². The molecule has 182 valence electrons. The molecule has 0 fully saturated rings. The Morgan fingerprint density at radius 3 is 2.60 bits per heavy atom. The summed E-state index contributed by atoms with van der Waals surface area (Å²) in [6, 6.07) is 15.9. The molecular weight excluding hydrogens is 474 g/mol. The Morgan fingerprint density at radius 2 is 1.83 bits per heavy atom. The quantitative estimate of drug-likeness (QED) is 0.358. The molecule has 0 spiro atoms. The zero-order valence-electron chi connectivity index (χ0n) is 19.0. The second kappa shape index (κ2) is 11.0. The number of para-hydroxylation sites is 1. The van der Waals surface area contributed by atoms with Crippen LogP contribution in [0.15, 0.2) is 54.6 Å². The van der Waals surface area contributed by atoms with E-state index < -0.39 is 12.6 Å². The van der Waals surface area contributed by atoms with Gasteiger partial charge in [-0.1, -0.05) is 29.8 Å². The average molecular weight is 498 g/mol. The van der Waals surface area contributed by atoms with Crippen LogP contribution < -0.4 is 24.3 Å². The van der Waals surface area contributed by atoms with Crippen molar-refractivity contribution in [2.75, 3.05) is 25.8 Å². The van der Waals surface area contributed by atoms with Crippen LogP contribution in [0.5, 0.6) is 23.0 Å². The number of ketones is 1. The standard InChI is InChI=1S/C26H24ClNO7/c1-32-18-8-6-16(23(11-18)33-14-26(30)31)7-9-22(29)19-4-2-3-5-21(19)28-13-17-10-24-25(12-20(17)27)35-15-34-24/h2-6,8,10-12,28H,7,9,13-15H2,1H3,(H,30,31). The highest BCUT2D eigenvalue weighted by atomic mass is 35.5. The molecule has 0 saturated heterocycles. The third kappa shape index (κ3) is 5.96. The van der Waals surface area contributed by atoms with Crippen LogP contribution in [0.2, 0.25) is 5.02 Å². The van der Waals surface area contributed by atoms with E-state index in [4.69, 9.17) is 35.7 Å². The van der Waals surface area contributed by atoms with Gasteiger partial charge in [-0.05, 0) is 41.8 Å². The first kappa shape index (κ1) is 24.2. The van der Waals surface area contributed by atoms with Crippen LogP contribution in [0.1, 0.15) is 27.9 Å². The normalized spacial score (nSPS) is 11.7. The minimum Gasteiger partial charge on any atom is -0.497 e. The molecule has 1 heterocycles. The fourth-order valence-electron chi connectivity index (χ4n) is 3.69. The van der Waals surface area contributed by atoms with E-state index in [2.05, 4.69) is 5.32 Å². The van der Waals surface area contributed by atoms with Crippen LogP contribution in [0.4, 0.5) is 5.69 Å². The summed E-state index contributed by atoms with van der Waals surface area (Å²) in [7, 11) is 1.51. The summed E-state index contributed by atoms with van der Waals surface area (Å²) in [6.45, 7) is 0.0752. The summed E-state index contributed by atoms with van der Waals surface area (Å²) in [4.78, 5) is 24.0. The summed E-state index contributed by atoms with van der Waals surface area (Å²) in [5.41, 5.74) is 2.77. The summed E-state index contributed by atoms with van der Waals surface area (Å²) in [5.74, 6) is 1.01. The van der Waals surface area contributed by atoms with Gasteiger partial charge < -0.3 is 29.4 Å². The number of rotatable bonds is 11. The lowest BCUT2D eigenvalue weighted by molar-refractivity contribution is -0.139. The molecular formula is C26H24ClNO7. The molecule has 0 amide bonds. The Labute approximate surface area is 207 Å². The molecule has 1 aliphatic heterocycles. The lowest BCUT2D eigenvalue weighted by Gasteiger charge is -2.14. The summed E-state index contributed by atoms with van der Waals surface area (Å²) < 4.78 is 21.4. The molecule has 8 nitrogen and oxygen atoms in total. The lowest BCUT2D eigenvalue weighted by atomic mass is 10.0. The van der Waals surface area contributed by atoms with Crippen molar-refractivity contribution >= 4 is 29.0 Å². The topological polar surface area (TPSA) is 103 Å². The van der Waals surface area contributed by atoms with E-state index in [9.17, 15) is 9.59 Å². The molecule has 0 aromatic heterocycles. The fraction of sp³-hybridized carbons (Fsp3) is 0.231. The molecule has 1 aliphatic rings. The van der Waals surface area contributed by atoms with Crippen molar-refractivity contribution in [1.29, 1.82) is 0 Å². The molecule has 2 N–H and O–H groups in total. The van der Waals surface area contributed by atoms with Gasteiger partial charge in [0, 0.05) is 41.4 Å². The number of hydrogen-bond donors (Lipinski definition) is 2. The van der Waals surface area contributed by atoms with E-state index in [-0.39, 0.29) is 19.0 Å². The number of carbonyl (C=O) groups is 2. The predicted molar refractivity (Wildman–Crippen MR) is 130 cm³/mol. The number of aliphatic carboxylic acids is 1. The molecule has 3 aromatic rings. The molecule has 0 saturated carbocycles. The first-order valence-electron chi connectivity index (χ1n) is 10.9. The molecule has 0 atom stereocenters. The Balaban J connectivity index is 1.45. The number of anilines is 1. The Kier molecular flexibility index (Phi) is 7.62. The number of fused-ring (bicyclic) bond motifs is 1. The third-order valence-corrected chi connectivity index (χ3v) is 5.84. The molecule has 0 bridgehead atoms. The van der Waals surface area contributed by atoms with Gasteiger partial charge >= 0.3 is 5.97 Å². The van der Waals surface area contributed by atoms with E-state index in [1.165, 1.54) is 7.11 Å². The minimum atomic E-state index is -1.09. The molecule has 0 aliphatic carbocycles. The van der Waals surface area contributed by atoms with E-state index in [0.717, 1.165) is 11.1 Å². The SMILES string of the molecule is COc1ccc(CCC(=O)c2ccccc2NCc2cc3c(cc2Cl)OCO3)c(OCC(=O)O)c1. The number of halogens is 1. The number of Topliss-reactive ketones (excluding diaryl/α,β-unsaturated/α-hetero) is 1. The van der Waals surface area contributed by atoms with Crippen molar-refractivity contribution in [3.8, 4) is 23.0 Å². The number of hydrogen-bond acceptors (Lipinski definition) is 7. The van der Waals surface area contributed by atoms with Gasteiger partial charge in [0.05, 0.1) is 7.11 Å². The van der Waals surface area contributed by atoms with Crippen LogP contribution in [0.25, 0.3) is 0 Å². The Morgan fingerprint density at radius 1 is 1.06 bits per heavy atom. The number of aryl methyl sites for hydroxylation is 1. The van der Waals surface area contributed by atoms with Crippen molar-refractivity contribution in [3.05, 3.63) is 76.3 Å². The first-order valence-corrected chi connectivity index (χ1v) is 11.3. The highest BCUT2D eigenvalue weighted by Gasteiger charge is 2.18. The maximum Gasteiger partial charge on any atom is 0.341 e. The van der Waals surface area contributed by atoms with E-state index in [1.54, 1.807) is 36.4 Å². The van der Waals surface area contributed by atoms with Crippen LogP contribution in [-0.2, 0) is 17.8 Å². The molecule has 3 aromatic carbocycles.